The first kappa shape index (κ1) is 19.1. The molecular weight excluding hydrogens is 363 g/mol. The maximum absolute atomic E-state index is 12.3. The second-order valence-corrected chi connectivity index (χ2v) is 6.07. The van der Waals surface area contributed by atoms with E-state index in [9.17, 15) is 9.59 Å². The van der Waals surface area contributed by atoms with E-state index in [4.69, 9.17) is 27.9 Å². The molecule has 0 saturated heterocycles. The molecule has 2 rings (SSSR count). The van der Waals surface area contributed by atoms with E-state index in [-0.39, 0.29) is 10.6 Å². The summed E-state index contributed by atoms with van der Waals surface area (Å²) < 4.78 is 5.61. The lowest BCUT2D eigenvalue weighted by Gasteiger charge is -2.12. The minimum atomic E-state index is -0.542. The molecule has 0 fully saturated rings. The monoisotopic (exact) mass is 380 g/mol. The Labute approximate surface area is 156 Å². The fourth-order valence-electron chi connectivity index (χ4n) is 2.03. The van der Waals surface area contributed by atoms with Gasteiger partial charge in [0.05, 0.1) is 22.8 Å². The molecule has 0 unspecified atom stereocenters. The normalized spacial score (nSPS) is 10.2. The highest BCUT2D eigenvalue weighted by molar-refractivity contribution is 6.36. The minimum Gasteiger partial charge on any atom is -0.493 e. The molecule has 2 N–H and O–H groups in total. The summed E-state index contributed by atoms with van der Waals surface area (Å²) in [5.74, 6) is -0.558. The number of amides is 2. The van der Waals surface area contributed by atoms with Crippen molar-refractivity contribution in [1.29, 1.82) is 0 Å². The van der Waals surface area contributed by atoms with Crippen molar-refractivity contribution in [3.8, 4) is 5.75 Å². The second-order valence-electron chi connectivity index (χ2n) is 5.23. The van der Waals surface area contributed by atoms with Gasteiger partial charge in [-0.25, -0.2) is 0 Å². The molecule has 25 heavy (non-hydrogen) atoms. The average molecular weight is 381 g/mol. The summed E-state index contributed by atoms with van der Waals surface area (Å²) in [6, 6.07) is 11.3. The number of unbranched alkanes of at least 4 members (excludes halogenated alkanes) is 1. The van der Waals surface area contributed by atoms with Crippen molar-refractivity contribution in [2.45, 2.75) is 19.8 Å². The van der Waals surface area contributed by atoms with Crippen molar-refractivity contribution in [3.63, 3.8) is 0 Å². The zero-order chi connectivity index (χ0) is 18.2. The van der Waals surface area contributed by atoms with Crippen LogP contribution in [0, 0.1) is 0 Å². The Morgan fingerprint density at radius 3 is 2.36 bits per heavy atom. The lowest BCUT2D eigenvalue weighted by Crippen LogP contribution is -2.41. The van der Waals surface area contributed by atoms with E-state index in [0.717, 1.165) is 12.8 Å². The Kier molecular flexibility index (Phi) is 7.10. The number of carbonyl (C=O) groups excluding carboxylic acids is 2. The number of hydrazine groups is 1. The quantitative estimate of drug-likeness (QED) is 0.581. The Morgan fingerprint density at radius 2 is 1.68 bits per heavy atom. The van der Waals surface area contributed by atoms with Gasteiger partial charge >= 0.3 is 0 Å². The smallest absolute Gasteiger partial charge is 0.273 e. The van der Waals surface area contributed by atoms with Crippen molar-refractivity contribution in [3.05, 3.63) is 63.6 Å². The molecule has 5 nitrogen and oxygen atoms in total. The summed E-state index contributed by atoms with van der Waals surface area (Å²) in [6.45, 7) is 2.58. The average Bonchev–Trinajstić information content (AvgIpc) is 2.60. The lowest BCUT2D eigenvalue weighted by atomic mass is 10.2. The predicted octanol–water partition coefficient (Wildman–Crippen LogP) is 4.25. The number of halogens is 2. The third-order valence-electron chi connectivity index (χ3n) is 3.35. The summed E-state index contributed by atoms with van der Waals surface area (Å²) in [5.41, 5.74) is 5.23. The van der Waals surface area contributed by atoms with E-state index in [1.54, 1.807) is 30.3 Å². The van der Waals surface area contributed by atoms with Gasteiger partial charge in [0.1, 0.15) is 5.75 Å². The summed E-state index contributed by atoms with van der Waals surface area (Å²) in [4.78, 5) is 24.4. The summed E-state index contributed by atoms with van der Waals surface area (Å²) in [5, 5.41) is 0.617. The standard InChI is InChI=1S/C18H18Cl2N2O3/c1-2-3-10-25-16-7-5-4-6-14(16)18(24)22-21-17(23)13-9-8-12(19)11-15(13)20/h4-9,11H,2-3,10H2,1H3,(H,21,23)(H,22,24). The molecule has 0 atom stereocenters. The molecule has 0 aliphatic carbocycles. The number of para-hydroxylation sites is 1. The van der Waals surface area contributed by atoms with Crippen molar-refractivity contribution >= 4 is 35.0 Å². The van der Waals surface area contributed by atoms with E-state index < -0.39 is 11.8 Å². The highest BCUT2D eigenvalue weighted by Crippen LogP contribution is 2.21. The Balaban J connectivity index is 2.01. The molecule has 0 heterocycles. The van der Waals surface area contributed by atoms with E-state index in [1.807, 2.05) is 0 Å². The van der Waals surface area contributed by atoms with Gasteiger partial charge in [0.15, 0.2) is 0 Å². The van der Waals surface area contributed by atoms with Crippen LogP contribution in [0.3, 0.4) is 0 Å². The van der Waals surface area contributed by atoms with Crippen LogP contribution in [-0.4, -0.2) is 18.4 Å². The van der Waals surface area contributed by atoms with Crippen LogP contribution in [0.4, 0.5) is 0 Å². The van der Waals surface area contributed by atoms with Gasteiger partial charge in [-0.05, 0) is 36.8 Å². The van der Waals surface area contributed by atoms with Crippen molar-refractivity contribution in [2.75, 3.05) is 6.61 Å². The van der Waals surface area contributed by atoms with Crippen molar-refractivity contribution < 1.29 is 14.3 Å². The third kappa shape index (κ3) is 5.37. The maximum Gasteiger partial charge on any atom is 0.273 e. The predicted molar refractivity (Wildman–Crippen MR) is 98.2 cm³/mol. The topological polar surface area (TPSA) is 67.4 Å². The summed E-state index contributed by atoms with van der Waals surface area (Å²) >= 11 is 11.8. The molecule has 2 aromatic rings. The van der Waals surface area contributed by atoms with Crippen LogP contribution in [0.15, 0.2) is 42.5 Å². The second kappa shape index (κ2) is 9.30. The van der Waals surface area contributed by atoms with Gasteiger partial charge in [-0.1, -0.05) is 48.7 Å². The van der Waals surface area contributed by atoms with Gasteiger partial charge in [0.2, 0.25) is 0 Å². The Morgan fingerprint density at radius 1 is 1.00 bits per heavy atom. The molecule has 132 valence electrons. The van der Waals surface area contributed by atoms with E-state index in [2.05, 4.69) is 17.8 Å². The summed E-state index contributed by atoms with van der Waals surface area (Å²) in [6.07, 6.45) is 1.88. The van der Waals surface area contributed by atoms with Crippen LogP contribution >= 0.6 is 23.2 Å². The largest absolute Gasteiger partial charge is 0.493 e. The van der Waals surface area contributed by atoms with Crippen LogP contribution in [0.2, 0.25) is 10.0 Å². The van der Waals surface area contributed by atoms with Gasteiger partial charge in [0.25, 0.3) is 11.8 Å². The molecule has 0 aliphatic rings. The van der Waals surface area contributed by atoms with Gasteiger partial charge in [-0.2, -0.15) is 0 Å². The Bertz CT molecular complexity index is 766. The lowest BCUT2D eigenvalue weighted by molar-refractivity contribution is 0.0844. The first-order chi connectivity index (χ1) is 12.0. The SMILES string of the molecule is CCCCOc1ccccc1C(=O)NNC(=O)c1ccc(Cl)cc1Cl. The molecule has 0 saturated carbocycles. The number of hydrogen-bond acceptors (Lipinski definition) is 3. The number of nitrogens with one attached hydrogen (secondary N) is 2. The van der Waals surface area contributed by atoms with Crippen LogP contribution in [-0.2, 0) is 0 Å². The molecule has 2 amide bonds. The van der Waals surface area contributed by atoms with E-state index in [0.29, 0.717) is 22.9 Å². The molecule has 0 bridgehead atoms. The van der Waals surface area contributed by atoms with Crippen LogP contribution < -0.4 is 15.6 Å². The molecule has 7 heteroatoms. The number of ether oxygens (including phenoxy) is 1. The van der Waals surface area contributed by atoms with Gasteiger partial charge in [-0.3, -0.25) is 20.4 Å². The van der Waals surface area contributed by atoms with Crippen molar-refractivity contribution in [2.24, 2.45) is 0 Å². The molecule has 0 aliphatic heterocycles. The van der Waals surface area contributed by atoms with E-state index >= 15 is 0 Å². The fourth-order valence-corrected chi connectivity index (χ4v) is 2.52. The zero-order valence-corrected chi connectivity index (χ0v) is 15.2. The van der Waals surface area contributed by atoms with Gasteiger partial charge in [-0.15, -0.1) is 0 Å². The minimum absolute atomic E-state index is 0.197. The molecular formula is C18H18Cl2N2O3. The summed E-state index contributed by atoms with van der Waals surface area (Å²) in [7, 11) is 0. The number of hydrogen-bond donors (Lipinski definition) is 2. The first-order valence-electron chi connectivity index (χ1n) is 7.80. The van der Waals surface area contributed by atoms with Crippen molar-refractivity contribution in [1.82, 2.24) is 10.9 Å². The van der Waals surface area contributed by atoms with Gasteiger partial charge < -0.3 is 4.74 Å². The van der Waals surface area contributed by atoms with Crippen LogP contribution in [0.5, 0.6) is 5.75 Å². The molecule has 0 aromatic heterocycles. The molecule has 2 aromatic carbocycles. The fraction of sp³-hybridized carbons (Fsp3) is 0.222. The molecule has 0 spiro atoms. The van der Waals surface area contributed by atoms with E-state index in [1.165, 1.54) is 12.1 Å². The number of carbonyl (C=O) groups is 2. The first-order valence-corrected chi connectivity index (χ1v) is 8.56. The number of benzene rings is 2. The number of rotatable bonds is 6. The zero-order valence-electron chi connectivity index (χ0n) is 13.6. The maximum atomic E-state index is 12.3. The van der Waals surface area contributed by atoms with Crippen LogP contribution in [0.25, 0.3) is 0 Å². The molecule has 0 radical (unpaired) electrons. The van der Waals surface area contributed by atoms with Gasteiger partial charge in [0, 0.05) is 5.02 Å². The van der Waals surface area contributed by atoms with Crippen LogP contribution in [0.1, 0.15) is 40.5 Å². The highest BCUT2D eigenvalue weighted by atomic mass is 35.5. The highest BCUT2D eigenvalue weighted by Gasteiger charge is 2.15. The Hall–Kier alpha value is -2.24. The third-order valence-corrected chi connectivity index (χ3v) is 3.90.